The van der Waals surface area contributed by atoms with Gasteiger partial charge in [0.25, 0.3) is 0 Å². The molecule has 0 aliphatic rings. The van der Waals surface area contributed by atoms with E-state index in [9.17, 15) is 0 Å². The summed E-state index contributed by atoms with van der Waals surface area (Å²) < 4.78 is 0. The summed E-state index contributed by atoms with van der Waals surface area (Å²) in [6.07, 6.45) is 0. The summed E-state index contributed by atoms with van der Waals surface area (Å²) >= 11 is 0. The number of rotatable bonds is 2. The van der Waals surface area contributed by atoms with E-state index in [4.69, 9.17) is 7.57 Å². The molecule has 0 fully saturated rings. The van der Waals surface area contributed by atoms with Gasteiger partial charge in [-0.25, -0.2) is 6.66 Å². The summed E-state index contributed by atoms with van der Waals surface area (Å²) in [4.78, 5) is 0. The second-order valence-electron chi connectivity index (χ2n) is 3.54. The van der Waals surface area contributed by atoms with Gasteiger partial charge in [0.05, 0.1) is 0 Å². The Balaban J connectivity index is 0.00000128. The summed E-state index contributed by atoms with van der Waals surface area (Å²) in [5.41, 5.74) is 0. The molecule has 0 unspecified atom stereocenters. The first-order chi connectivity index (χ1) is 7.21. The molecule has 0 spiro atoms. The standard InChI is InChI=1S/C13H12BP.Li/c1-15(14,12-8-4-2-5-9-12)13-10-6-3-7-11-13;/h2-11H,1H2;/q-1;+1. The first kappa shape index (κ1) is 13.6. The second-order valence-corrected chi connectivity index (χ2v) is 6.31. The first-order valence-electron chi connectivity index (χ1n) is 4.84. The van der Waals surface area contributed by atoms with Gasteiger partial charge in [-0.1, -0.05) is 36.4 Å². The summed E-state index contributed by atoms with van der Waals surface area (Å²) in [5, 5.41) is 2.27. The van der Waals surface area contributed by atoms with Crippen molar-refractivity contribution in [3.63, 3.8) is 0 Å². The minimum absolute atomic E-state index is 0. The zero-order valence-corrected chi connectivity index (χ0v) is 10.4. The van der Waals surface area contributed by atoms with Gasteiger partial charge in [0, 0.05) is 10.6 Å². The quantitative estimate of drug-likeness (QED) is 0.362. The Morgan fingerprint density at radius 3 is 1.38 bits per heavy atom. The third kappa shape index (κ3) is 2.80. The smallest absolute Gasteiger partial charge is 0.334 e. The van der Waals surface area contributed by atoms with Crippen molar-refractivity contribution in [1.82, 2.24) is 0 Å². The molecular weight excluding hydrogens is 205 g/mol. The van der Waals surface area contributed by atoms with E-state index >= 15 is 0 Å². The van der Waals surface area contributed by atoms with Gasteiger partial charge < -0.3 is 14.7 Å². The monoisotopic (exact) mass is 217 g/mol. The average Bonchev–Trinajstić information content (AvgIpc) is 2.31. The molecule has 3 radical (unpaired) electrons. The Morgan fingerprint density at radius 2 is 1.06 bits per heavy atom. The molecular formula is C13H12BLiP. The van der Waals surface area contributed by atoms with Gasteiger partial charge in [0.1, 0.15) is 0 Å². The fourth-order valence-electron chi connectivity index (χ4n) is 1.54. The third-order valence-corrected chi connectivity index (χ3v) is 4.87. The van der Waals surface area contributed by atoms with Crippen LogP contribution in [-0.2, 0) is 0 Å². The topological polar surface area (TPSA) is 0 Å². The van der Waals surface area contributed by atoms with E-state index in [2.05, 4.69) is 6.66 Å². The van der Waals surface area contributed by atoms with Gasteiger partial charge in [0.2, 0.25) is 0 Å². The maximum absolute atomic E-state index is 6.36. The van der Waals surface area contributed by atoms with Crippen molar-refractivity contribution >= 4 is 25.3 Å². The van der Waals surface area contributed by atoms with Gasteiger partial charge in [-0.2, -0.15) is 0 Å². The molecule has 3 heteroatoms. The van der Waals surface area contributed by atoms with Crippen LogP contribution in [0.3, 0.4) is 0 Å². The van der Waals surface area contributed by atoms with Gasteiger partial charge in [0.15, 0.2) is 0 Å². The molecule has 16 heavy (non-hydrogen) atoms. The largest absolute Gasteiger partial charge is 1.00 e. The molecule has 73 valence electrons. The fraction of sp³-hybridized carbons (Fsp3) is 0. The van der Waals surface area contributed by atoms with E-state index in [1.165, 1.54) is 0 Å². The van der Waals surface area contributed by atoms with Crippen LogP contribution in [0.15, 0.2) is 60.7 Å². The molecule has 0 amide bonds. The normalized spacial score (nSPS) is 10.6. The van der Waals surface area contributed by atoms with Gasteiger partial charge in [-0.15, -0.1) is 0 Å². The molecule has 0 aromatic heterocycles. The van der Waals surface area contributed by atoms with Crippen molar-refractivity contribution in [1.29, 1.82) is 0 Å². The van der Waals surface area contributed by atoms with E-state index in [-0.39, 0.29) is 18.9 Å². The van der Waals surface area contributed by atoms with E-state index in [1.54, 1.807) is 0 Å². The molecule has 0 heterocycles. The summed E-state index contributed by atoms with van der Waals surface area (Å²) in [6.45, 7) is 4.20. The molecule has 2 aromatic carbocycles. The van der Waals surface area contributed by atoms with E-state index in [0.29, 0.717) is 0 Å². The SMILES string of the molecule is [B-][P+]([CH2-])(c1ccccc1)c1ccccc1.[Li+]. The summed E-state index contributed by atoms with van der Waals surface area (Å²) in [6, 6.07) is 20.2. The minimum atomic E-state index is -1.90. The predicted molar refractivity (Wildman–Crippen MR) is 70.2 cm³/mol. The molecule has 0 atom stereocenters. The van der Waals surface area contributed by atoms with Crippen molar-refractivity contribution in [2.75, 3.05) is 0 Å². The molecule has 0 aliphatic heterocycles. The molecule has 0 nitrogen and oxygen atoms in total. The van der Waals surface area contributed by atoms with Gasteiger partial charge in [-0.3, -0.25) is 0 Å². The summed E-state index contributed by atoms with van der Waals surface area (Å²) in [7, 11) is 4.46. The van der Waals surface area contributed by atoms with Crippen LogP contribution in [0, 0.1) is 6.66 Å². The van der Waals surface area contributed by atoms with E-state index in [0.717, 1.165) is 10.6 Å². The molecule has 0 saturated carbocycles. The second kappa shape index (κ2) is 5.74. The third-order valence-electron chi connectivity index (χ3n) is 2.43. The Morgan fingerprint density at radius 1 is 0.750 bits per heavy atom. The van der Waals surface area contributed by atoms with Crippen LogP contribution in [-0.4, -0.2) is 7.57 Å². The molecule has 0 aliphatic carbocycles. The molecule has 0 saturated heterocycles. The van der Waals surface area contributed by atoms with Gasteiger partial charge in [-0.05, 0) is 24.3 Å². The first-order valence-corrected chi connectivity index (χ1v) is 6.89. The van der Waals surface area contributed by atoms with Crippen LogP contribution in [0.25, 0.3) is 0 Å². The molecule has 2 rings (SSSR count). The number of benzene rings is 2. The molecule has 0 bridgehead atoms. The zero-order valence-electron chi connectivity index (χ0n) is 9.51. The minimum Gasteiger partial charge on any atom is -0.334 e. The van der Waals surface area contributed by atoms with Crippen molar-refractivity contribution in [3.8, 4) is 0 Å². The van der Waals surface area contributed by atoms with Crippen molar-refractivity contribution in [3.05, 3.63) is 67.3 Å². The number of hydrogen-bond acceptors (Lipinski definition) is 0. The van der Waals surface area contributed by atoms with Crippen LogP contribution in [0.4, 0.5) is 0 Å². The predicted octanol–water partition coefficient (Wildman–Crippen LogP) is -0.466. The maximum Gasteiger partial charge on any atom is 1.00 e. The average molecular weight is 217 g/mol. The van der Waals surface area contributed by atoms with Gasteiger partial charge >= 0.3 is 18.9 Å². The van der Waals surface area contributed by atoms with Crippen LogP contribution in [0.1, 0.15) is 0 Å². The summed E-state index contributed by atoms with van der Waals surface area (Å²) in [5.74, 6) is 0. The number of hydrogen-bond donors (Lipinski definition) is 0. The maximum atomic E-state index is 6.36. The molecule has 2 aromatic rings. The van der Waals surface area contributed by atoms with Crippen LogP contribution < -0.4 is 29.5 Å². The van der Waals surface area contributed by atoms with E-state index < -0.39 is 7.14 Å². The Labute approximate surface area is 111 Å². The Kier molecular flexibility index (Phi) is 4.88. The van der Waals surface area contributed by atoms with Crippen LogP contribution >= 0.6 is 7.14 Å². The van der Waals surface area contributed by atoms with Crippen molar-refractivity contribution in [2.45, 2.75) is 0 Å². The zero-order chi connectivity index (χ0) is 10.7. The van der Waals surface area contributed by atoms with Crippen LogP contribution in [0.5, 0.6) is 0 Å². The fourth-order valence-corrected chi connectivity index (χ4v) is 3.24. The Hall–Kier alpha value is -0.468. The van der Waals surface area contributed by atoms with Crippen molar-refractivity contribution in [2.24, 2.45) is 0 Å². The van der Waals surface area contributed by atoms with Crippen LogP contribution in [0.2, 0.25) is 0 Å². The van der Waals surface area contributed by atoms with E-state index in [1.807, 2.05) is 60.7 Å². The van der Waals surface area contributed by atoms with Crippen molar-refractivity contribution < 1.29 is 18.9 Å². The Bertz CT molecular complexity index is 387. The molecule has 0 N–H and O–H groups in total.